The van der Waals surface area contributed by atoms with Crippen molar-refractivity contribution < 1.29 is 9.59 Å². The van der Waals surface area contributed by atoms with Crippen molar-refractivity contribution >= 4 is 11.8 Å². The van der Waals surface area contributed by atoms with Crippen LogP contribution in [0.1, 0.15) is 60.2 Å². The van der Waals surface area contributed by atoms with E-state index in [2.05, 4.69) is 17.2 Å². The third-order valence-corrected chi connectivity index (χ3v) is 4.24. The molecule has 0 radical (unpaired) electrons. The summed E-state index contributed by atoms with van der Waals surface area (Å²) in [5.41, 5.74) is -0.516. The number of rotatable bonds is 7. The molecule has 1 heterocycles. The lowest BCUT2D eigenvalue weighted by Crippen LogP contribution is -2.38. The highest BCUT2D eigenvalue weighted by atomic mass is 16.2. The predicted molar refractivity (Wildman–Crippen MR) is 97.8 cm³/mol. The fourth-order valence-electron chi connectivity index (χ4n) is 3.08. The lowest BCUT2D eigenvalue weighted by molar-refractivity contribution is 0.0935. The lowest BCUT2D eigenvalue weighted by atomic mass is 10.1. The van der Waals surface area contributed by atoms with Crippen molar-refractivity contribution in [2.75, 3.05) is 6.54 Å². The van der Waals surface area contributed by atoms with Crippen LogP contribution in [-0.2, 0) is 6.54 Å². The van der Waals surface area contributed by atoms with Crippen LogP contribution in [0.3, 0.4) is 0 Å². The average molecular weight is 345 g/mol. The monoisotopic (exact) mass is 345 g/mol. The summed E-state index contributed by atoms with van der Waals surface area (Å²) in [4.78, 5) is 37.5. The Balaban J connectivity index is 2.35. The molecule has 2 rings (SSSR count). The molecule has 1 aromatic heterocycles. The number of nitrogens with one attached hydrogen (secondary N) is 2. The van der Waals surface area contributed by atoms with Crippen molar-refractivity contribution in [3.05, 3.63) is 46.4 Å². The summed E-state index contributed by atoms with van der Waals surface area (Å²) in [6.07, 6.45) is 8.67. The molecule has 6 heteroatoms. The minimum absolute atomic E-state index is 0.0124. The predicted octanol–water partition coefficient (Wildman–Crippen LogP) is 2.09. The van der Waals surface area contributed by atoms with Crippen LogP contribution in [0.25, 0.3) is 0 Å². The first-order valence-electron chi connectivity index (χ1n) is 8.86. The number of pyridine rings is 1. The van der Waals surface area contributed by atoms with Gasteiger partial charge in [-0.25, -0.2) is 0 Å². The molecule has 1 saturated carbocycles. The Labute approximate surface area is 148 Å². The molecule has 1 aliphatic carbocycles. The van der Waals surface area contributed by atoms with E-state index >= 15 is 0 Å². The van der Waals surface area contributed by atoms with Gasteiger partial charge in [-0.2, -0.15) is 0 Å². The Kier molecular flexibility index (Phi) is 6.56. The molecule has 0 aromatic carbocycles. The van der Waals surface area contributed by atoms with E-state index in [4.69, 9.17) is 0 Å². The number of carbonyl (C=O) groups is 2. The molecule has 0 saturated heterocycles. The summed E-state index contributed by atoms with van der Waals surface area (Å²) in [5, 5.41) is 5.53. The van der Waals surface area contributed by atoms with Gasteiger partial charge in [-0.1, -0.05) is 32.8 Å². The number of hydrogen-bond donors (Lipinski definition) is 2. The van der Waals surface area contributed by atoms with Crippen LogP contribution in [0.15, 0.2) is 29.8 Å². The largest absolute Gasteiger partial charge is 0.352 e. The standard InChI is InChI=1S/C19H27N3O3/c1-4-9-20-18(24)15-11-22(10-13(2)3)12-16(17(15)23)19(25)21-14-7-5-6-8-14/h4,11-14H,1,5-10H2,2-3H3,(H,20,24)(H,21,25). The van der Waals surface area contributed by atoms with Crippen molar-refractivity contribution in [3.8, 4) is 0 Å². The van der Waals surface area contributed by atoms with Gasteiger partial charge in [0.1, 0.15) is 11.1 Å². The zero-order valence-corrected chi connectivity index (χ0v) is 15.0. The van der Waals surface area contributed by atoms with Gasteiger partial charge in [-0.05, 0) is 18.8 Å². The van der Waals surface area contributed by atoms with E-state index in [0.29, 0.717) is 12.5 Å². The Hall–Kier alpha value is -2.37. The average Bonchev–Trinajstić information content (AvgIpc) is 3.06. The maximum Gasteiger partial charge on any atom is 0.257 e. The maximum absolute atomic E-state index is 12.7. The van der Waals surface area contributed by atoms with E-state index in [-0.39, 0.29) is 23.7 Å². The van der Waals surface area contributed by atoms with E-state index in [0.717, 1.165) is 25.7 Å². The van der Waals surface area contributed by atoms with Crippen LogP contribution in [0, 0.1) is 5.92 Å². The number of amides is 2. The summed E-state index contributed by atoms with van der Waals surface area (Å²) in [6.45, 7) is 8.50. The summed E-state index contributed by atoms with van der Waals surface area (Å²) in [7, 11) is 0. The molecule has 1 fully saturated rings. The molecule has 0 atom stereocenters. The summed E-state index contributed by atoms with van der Waals surface area (Å²) in [5.74, 6) is -0.567. The van der Waals surface area contributed by atoms with Gasteiger partial charge in [-0.15, -0.1) is 6.58 Å². The molecule has 0 aliphatic heterocycles. The molecule has 0 spiro atoms. The molecule has 1 aliphatic rings. The molecule has 1 aromatic rings. The van der Waals surface area contributed by atoms with Crippen LogP contribution in [0.2, 0.25) is 0 Å². The third kappa shape index (κ3) is 5.05. The first kappa shape index (κ1) is 19.0. The molecule has 6 nitrogen and oxygen atoms in total. The Morgan fingerprint density at radius 2 is 1.84 bits per heavy atom. The van der Waals surface area contributed by atoms with Crippen LogP contribution >= 0.6 is 0 Å². The van der Waals surface area contributed by atoms with Crippen molar-refractivity contribution in [2.45, 2.75) is 52.1 Å². The molecular weight excluding hydrogens is 318 g/mol. The molecular formula is C19H27N3O3. The quantitative estimate of drug-likeness (QED) is 0.743. The third-order valence-electron chi connectivity index (χ3n) is 4.24. The van der Waals surface area contributed by atoms with E-state index < -0.39 is 17.2 Å². The minimum Gasteiger partial charge on any atom is -0.352 e. The zero-order chi connectivity index (χ0) is 18.4. The summed E-state index contributed by atoms with van der Waals surface area (Å²) in [6, 6.07) is 0.115. The topological polar surface area (TPSA) is 80.2 Å². The molecule has 25 heavy (non-hydrogen) atoms. The highest BCUT2D eigenvalue weighted by molar-refractivity contribution is 5.99. The first-order valence-corrected chi connectivity index (χ1v) is 8.86. The maximum atomic E-state index is 12.7. The normalized spacial score (nSPS) is 14.5. The van der Waals surface area contributed by atoms with Crippen LogP contribution in [0.5, 0.6) is 0 Å². The second-order valence-electron chi connectivity index (χ2n) is 6.96. The smallest absolute Gasteiger partial charge is 0.257 e. The second-order valence-corrected chi connectivity index (χ2v) is 6.96. The van der Waals surface area contributed by atoms with Gasteiger partial charge in [0, 0.05) is 31.5 Å². The number of carbonyl (C=O) groups excluding carboxylic acids is 2. The number of aromatic nitrogens is 1. The van der Waals surface area contributed by atoms with Crippen molar-refractivity contribution in [1.82, 2.24) is 15.2 Å². The Morgan fingerprint density at radius 1 is 1.24 bits per heavy atom. The highest BCUT2D eigenvalue weighted by Gasteiger charge is 2.23. The second kappa shape index (κ2) is 8.65. The number of hydrogen-bond acceptors (Lipinski definition) is 3. The summed E-state index contributed by atoms with van der Waals surface area (Å²) < 4.78 is 1.75. The SMILES string of the molecule is C=CCNC(=O)c1cn(CC(C)C)cc(C(=O)NC2CCCC2)c1=O. The van der Waals surface area contributed by atoms with Gasteiger partial charge in [-0.3, -0.25) is 14.4 Å². The zero-order valence-electron chi connectivity index (χ0n) is 15.0. The first-order chi connectivity index (χ1) is 11.9. The van der Waals surface area contributed by atoms with Crippen molar-refractivity contribution in [2.24, 2.45) is 5.92 Å². The fourth-order valence-corrected chi connectivity index (χ4v) is 3.08. The highest BCUT2D eigenvalue weighted by Crippen LogP contribution is 2.18. The van der Waals surface area contributed by atoms with Crippen LogP contribution in [0.4, 0.5) is 0 Å². The van der Waals surface area contributed by atoms with Gasteiger partial charge < -0.3 is 15.2 Å². The van der Waals surface area contributed by atoms with E-state index in [1.807, 2.05) is 13.8 Å². The molecule has 2 N–H and O–H groups in total. The van der Waals surface area contributed by atoms with E-state index in [1.54, 1.807) is 16.8 Å². The van der Waals surface area contributed by atoms with Crippen LogP contribution in [-0.4, -0.2) is 29.0 Å². The Bertz CT molecular complexity index is 700. The molecule has 0 bridgehead atoms. The van der Waals surface area contributed by atoms with Gasteiger partial charge in [0.05, 0.1) is 0 Å². The summed E-state index contributed by atoms with van der Waals surface area (Å²) >= 11 is 0. The Morgan fingerprint density at radius 3 is 2.40 bits per heavy atom. The van der Waals surface area contributed by atoms with Gasteiger partial charge >= 0.3 is 0 Å². The number of nitrogens with zero attached hydrogens (tertiary/aromatic N) is 1. The molecule has 2 amide bonds. The van der Waals surface area contributed by atoms with Crippen molar-refractivity contribution in [1.29, 1.82) is 0 Å². The molecule has 136 valence electrons. The molecule has 0 unspecified atom stereocenters. The fraction of sp³-hybridized carbons (Fsp3) is 0.526. The lowest BCUT2D eigenvalue weighted by Gasteiger charge is -2.15. The minimum atomic E-state index is -0.530. The van der Waals surface area contributed by atoms with Crippen LogP contribution < -0.4 is 16.1 Å². The van der Waals surface area contributed by atoms with Gasteiger partial charge in [0.15, 0.2) is 0 Å². The van der Waals surface area contributed by atoms with Gasteiger partial charge in [0.2, 0.25) is 5.43 Å². The van der Waals surface area contributed by atoms with E-state index in [9.17, 15) is 14.4 Å². The van der Waals surface area contributed by atoms with E-state index in [1.165, 1.54) is 6.20 Å². The van der Waals surface area contributed by atoms with Gasteiger partial charge in [0.25, 0.3) is 11.8 Å². The van der Waals surface area contributed by atoms with Crippen molar-refractivity contribution in [3.63, 3.8) is 0 Å².